The van der Waals surface area contributed by atoms with Gasteiger partial charge in [-0.05, 0) is 31.6 Å². The smallest absolute Gasteiger partial charge is 0.235 e. The summed E-state index contributed by atoms with van der Waals surface area (Å²) in [7, 11) is 0. The summed E-state index contributed by atoms with van der Waals surface area (Å²) in [6.07, 6.45) is 4.07. The quantitative estimate of drug-likeness (QED) is 0.484. The van der Waals surface area contributed by atoms with Crippen molar-refractivity contribution in [1.82, 2.24) is 5.32 Å². The molecule has 0 aromatic carbocycles. The number of nitrogens with one attached hydrogen (secondary N) is 1. The summed E-state index contributed by atoms with van der Waals surface area (Å²) >= 11 is 4.09. The van der Waals surface area contributed by atoms with Crippen LogP contribution in [-0.2, 0) is 4.79 Å². The zero-order valence-electron chi connectivity index (χ0n) is 8.85. The molecule has 4 N–H and O–H groups in total. The van der Waals surface area contributed by atoms with Crippen molar-refractivity contribution in [2.24, 2.45) is 11.7 Å². The number of thiol groups is 1. The third-order valence-electron chi connectivity index (χ3n) is 3.04. The third kappa shape index (κ3) is 4.01. The SMILES string of the molecule is NC(=O)[C@H](CS)NC1CCC(CCO)C1. The number of hydrogen-bond donors (Lipinski definition) is 4. The first kappa shape index (κ1) is 12.8. The summed E-state index contributed by atoms with van der Waals surface area (Å²) in [5.41, 5.74) is 5.23. The van der Waals surface area contributed by atoms with E-state index in [-0.39, 0.29) is 18.6 Å². The molecule has 1 saturated carbocycles. The van der Waals surface area contributed by atoms with Gasteiger partial charge in [-0.25, -0.2) is 0 Å². The molecule has 0 aromatic rings. The van der Waals surface area contributed by atoms with E-state index in [1.807, 2.05) is 0 Å². The van der Waals surface area contributed by atoms with Crippen molar-refractivity contribution in [3.63, 3.8) is 0 Å². The van der Waals surface area contributed by atoms with E-state index in [2.05, 4.69) is 17.9 Å². The highest BCUT2D eigenvalue weighted by atomic mass is 32.1. The molecule has 0 heterocycles. The van der Waals surface area contributed by atoms with Gasteiger partial charge in [-0.1, -0.05) is 0 Å². The fourth-order valence-electron chi connectivity index (χ4n) is 2.18. The molecular formula is C10H20N2O2S. The van der Waals surface area contributed by atoms with Gasteiger partial charge in [0.15, 0.2) is 0 Å². The van der Waals surface area contributed by atoms with Crippen LogP contribution >= 0.6 is 12.6 Å². The number of rotatable bonds is 6. The fraction of sp³-hybridized carbons (Fsp3) is 0.900. The molecule has 4 nitrogen and oxygen atoms in total. The van der Waals surface area contributed by atoms with E-state index in [0.717, 1.165) is 25.7 Å². The van der Waals surface area contributed by atoms with Gasteiger partial charge in [0.25, 0.3) is 0 Å². The zero-order valence-corrected chi connectivity index (χ0v) is 9.75. The van der Waals surface area contributed by atoms with Crippen molar-refractivity contribution in [3.8, 4) is 0 Å². The third-order valence-corrected chi connectivity index (χ3v) is 3.41. The minimum atomic E-state index is -0.337. The van der Waals surface area contributed by atoms with E-state index in [4.69, 9.17) is 10.8 Å². The molecule has 0 radical (unpaired) electrons. The minimum absolute atomic E-state index is 0.253. The average Bonchev–Trinajstić information content (AvgIpc) is 2.62. The highest BCUT2D eigenvalue weighted by Gasteiger charge is 2.27. The molecule has 15 heavy (non-hydrogen) atoms. The second-order valence-electron chi connectivity index (χ2n) is 4.19. The van der Waals surface area contributed by atoms with E-state index < -0.39 is 0 Å². The van der Waals surface area contributed by atoms with Crippen molar-refractivity contribution >= 4 is 18.5 Å². The lowest BCUT2D eigenvalue weighted by atomic mass is 10.0. The van der Waals surface area contributed by atoms with Crippen LogP contribution in [0, 0.1) is 5.92 Å². The van der Waals surface area contributed by atoms with Crippen LogP contribution in [0.3, 0.4) is 0 Å². The van der Waals surface area contributed by atoms with Gasteiger partial charge >= 0.3 is 0 Å². The van der Waals surface area contributed by atoms with E-state index in [1.54, 1.807) is 0 Å². The molecule has 0 aromatic heterocycles. The minimum Gasteiger partial charge on any atom is -0.396 e. The van der Waals surface area contributed by atoms with Gasteiger partial charge in [0.05, 0.1) is 6.04 Å². The first-order chi connectivity index (χ1) is 7.17. The topological polar surface area (TPSA) is 75.4 Å². The van der Waals surface area contributed by atoms with E-state index in [0.29, 0.717) is 17.7 Å². The number of carbonyl (C=O) groups is 1. The van der Waals surface area contributed by atoms with Crippen molar-refractivity contribution in [2.45, 2.75) is 37.8 Å². The molecule has 5 heteroatoms. The molecule has 1 rings (SSSR count). The Hall–Kier alpha value is -0.260. The Morgan fingerprint density at radius 3 is 2.87 bits per heavy atom. The summed E-state index contributed by atoms with van der Waals surface area (Å²) in [5, 5.41) is 12.0. The van der Waals surface area contributed by atoms with Gasteiger partial charge in [0.1, 0.15) is 0 Å². The lowest BCUT2D eigenvalue weighted by Crippen LogP contribution is -2.46. The molecule has 1 amide bonds. The highest BCUT2D eigenvalue weighted by molar-refractivity contribution is 7.80. The molecule has 0 spiro atoms. The zero-order chi connectivity index (χ0) is 11.3. The summed E-state index contributed by atoms with van der Waals surface area (Å²) in [5.74, 6) is 0.688. The monoisotopic (exact) mass is 232 g/mol. The summed E-state index contributed by atoms with van der Waals surface area (Å²) in [6, 6.07) is 0.0254. The maximum atomic E-state index is 11.0. The number of carbonyl (C=O) groups excluding carboxylic acids is 1. The Labute approximate surface area is 96.0 Å². The Kier molecular flexibility index (Phi) is 5.42. The number of nitrogens with two attached hydrogens (primary N) is 1. The van der Waals surface area contributed by atoms with Crippen LogP contribution in [0.5, 0.6) is 0 Å². The molecule has 0 aliphatic heterocycles. The Morgan fingerprint density at radius 1 is 1.60 bits per heavy atom. The summed E-state index contributed by atoms with van der Waals surface area (Å²) < 4.78 is 0. The van der Waals surface area contributed by atoms with Crippen molar-refractivity contribution in [3.05, 3.63) is 0 Å². The standard InChI is InChI=1S/C10H20N2O2S/c11-10(14)9(6-15)12-8-2-1-7(5-8)3-4-13/h7-9,12-13,15H,1-6H2,(H2,11,14)/t7?,8?,9-/m0/s1. The van der Waals surface area contributed by atoms with Crippen LogP contribution in [0.15, 0.2) is 0 Å². The normalized spacial score (nSPS) is 27.9. The molecule has 1 aliphatic carbocycles. The molecule has 0 saturated heterocycles. The van der Waals surface area contributed by atoms with E-state index in [1.165, 1.54) is 0 Å². The highest BCUT2D eigenvalue weighted by Crippen LogP contribution is 2.28. The number of aliphatic hydroxyl groups excluding tert-OH is 1. The molecule has 88 valence electrons. The Balaban J connectivity index is 2.31. The van der Waals surface area contributed by atoms with Gasteiger partial charge in [0.2, 0.25) is 5.91 Å². The fourth-order valence-corrected chi connectivity index (χ4v) is 2.47. The molecule has 2 unspecified atom stereocenters. The predicted molar refractivity (Wildman–Crippen MR) is 62.8 cm³/mol. The Morgan fingerprint density at radius 2 is 2.33 bits per heavy atom. The van der Waals surface area contributed by atoms with Crippen LogP contribution in [-0.4, -0.2) is 35.5 Å². The van der Waals surface area contributed by atoms with Crippen molar-refractivity contribution < 1.29 is 9.90 Å². The van der Waals surface area contributed by atoms with E-state index >= 15 is 0 Å². The van der Waals surface area contributed by atoms with Crippen LogP contribution in [0.25, 0.3) is 0 Å². The number of amides is 1. The average molecular weight is 232 g/mol. The lowest BCUT2D eigenvalue weighted by Gasteiger charge is -2.18. The van der Waals surface area contributed by atoms with Gasteiger partial charge in [0, 0.05) is 18.4 Å². The summed E-state index contributed by atoms with van der Waals surface area (Å²) in [4.78, 5) is 11.0. The lowest BCUT2D eigenvalue weighted by molar-refractivity contribution is -0.119. The van der Waals surface area contributed by atoms with Gasteiger partial charge < -0.3 is 16.2 Å². The second-order valence-corrected chi connectivity index (χ2v) is 4.56. The largest absolute Gasteiger partial charge is 0.396 e. The van der Waals surface area contributed by atoms with Crippen LogP contribution in [0.4, 0.5) is 0 Å². The molecule has 1 aliphatic rings. The maximum Gasteiger partial charge on any atom is 0.235 e. The van der Waals surface area contributed by atoms with Gasteiger partial charge in [-0.15, -0.1) is 0 Å². The molecule has 1 fully saturated rings. The Bertz CT molecular complexity index is 214. The van der Waals surface area contributed by atoms with Crippen LogP contribution in [0.1, 0.15) is 25.7 Å². The maximum absolute atomic E-state index is 11.0. The van der Waals surface area contributed by atoms with Crippen molar-refractivity contribution in [1.29, 1.82) is 0 Å². The second kappa shape index (κ2) is 6.35. The van der Waals surface area contributed by atoms with Gasteiger partial charge in [-0.3, -0.25) is 4.79 Å². The van der Waals surface area contributed by atoms with E-state index in [9.17, 15) is 4.79 Å². The molecule has 3 atom stereocenters. The van der Waals surface area contributed by atoms with Gasteiger partial charge in [-0.2, -0.15) is 12.6 Å². The summed E-state index contributed by atoms with van der Waals surface area (Å²) in [6.45, 7) is 0.253. The predicted octanol–water partition coefficient (Wildman–Crippen LogP) is -0.0892. The molecular weight excluding hydrogens is 212 g/mol. The molecule has 0 bridgehead atoms. The van der Waals surface area contributed by atoms with Crippen molar-refractivity contribution in [2.75, 3.05) is 12.4 Å². The number of hydrogen-bond acceptors (Lipinski definition) is 4. The van der Waals surface area contributed by atoms with Crippen LogP contribution < -0.4 is 11.1 Å². The first-order valence-corrected chi connectivity index (χ1v) is 6.07. The van der Waals surface area contributed by atoms with Crippen LogP contribution in [0.2, 0.25) is 0 Å². The number of primary amides is 1. The first-order valence-electron chi connectivity index (χ1n) is 5.44. The number of aliphatic hydroxyl groups is 1.